The van der Waals surface area contributed by atoms with Crippen LogP contribution in [0.5, 0.6) is 11.5 Å². The van der Waals surface area contributed by atoms with Crippen molar-refractivity contribution in [1.29, 1.82) is 0 Å². The molecule has 6 aromatic rings. The molecule has 10 rings (SSSR count). The molecule has 0 fully saturated rings. The van der Waals surface area contributed by atoms with Crippen molar-refractivity contribution in [3.05, 3.63) is 179 Å². The van der Waals surface area contributed by atoms with Crippen LogP contribution in [0.3, 0.4) is 0 Å². The van der Waals surface area contributed by atoms with Crippen LogP contribution in [0.4, 0.5) is 34.1 Å². The first kappa shape index (κ1) is 33.6. The van der Waals surface area contributed by atoms with Gasteiger partial charge in [-0.2, -0.15) is 0 Å². The van der Waals surface area contributed by atoms with E-state index in [1.165, 1.54) is 56.1 Å². The molecule has 1 atom stereocenters. The topological polar surface area (TPSA) is 22.2 Å². The van der Waals surface area contributed by atoms with Gasteiger partial charge in [-0.25, -0.2) is 0 Å². The Hall–Kier alpha value is -5.94. The van der Waals surface area contributed by atoms with Crippen LogP contribution in [-0.4, -0.2) is 12.8 Å². The quantitative estimate of drug-likeness (QED) is 0.155. The van der Waals surface area contributed by atoms with E-state index in [0.29, 0.717) is 6.67 Å². The minimum atomic E-state index is -0.711. The number of hydrogen-bond donors (Lipinski definition) is 0. The van der Waals surface area contributed by atoms with Gasteiger partial charge in [0, 0.05) is 34.9 Å². The number of para-hydroxylation sites is 4. The van der Waals surface area contributed by atoms with Crippen LogP contribution in [0.15, 0.2) is 146 Å². The maximum Gasteiger partial charge on any atom is 0.132 e. The van der Waals surface area contributed by atoms with Gasteiger partial charge in [0.2, 0.25) is 0 Å². The lowest BCUT2D eigenvalue weighted by Gasteiger charge is -2.43. The summed E-state index contributed by atoms with van der Waals surface area (Å²) < 4.78 is 6.98. The SMILES string of the molecule is CC1N2C=CN3CN(c4cccc(c4)C4(c5cccc(c5)N1c1ccccc12)c1cc(C(C)(C)C)ccc1Oc1ccc(C(C)(C)C)cc14)c1ccccc13. The number of fused-ring (bicyclic) bond motifs is 22. The van der Waals surface area contributed by atoms with Crippen LogP contribution in [-0.2, 0) is 16.2 Å². The average molecular weight is 721 g/mol. The fourth-order valence-corrected chi connectivity index (χ4v) is 9.32. The Labute approximate surface area is 325 Å². The summed E-state index contributed by atoms with van der Waals surface area (Å²) in [6, 6.07) is 50.0. The molecule has 4 aliphatic rings. The molecule has 0 radical (unpaired) electrons. The van der Waals surface area contributed by atoms with Gasteiger partial charge in [-0.1, -0.05) is 102 Å². The van der Waals surface area contributed by atoms with Crippen molar-refractivity contribution >= 4 is 34.1 Å². The van der Waals surface area contributed by atoms with E-state index in [0.717, 1.165) is 22.9 Å². The zero-order valence-electron chi connectivity index (χ0n) is 32.8. The van der Waals surface area contributed by atoms with Crippen LogP contribution < -0.4 is 24.3 Å². The molecule has 0 aromatic heterocycles. The molecule has 8 bridgehead atoms. The van der Waals surface area contributed by atoms with Gasteiger partial charge >= 0.3 is 0 Å². The Kier molecular flexibility index (Phi) is 7.20. The molecule has 1 spiro atoms. The second-order valence-corrected chi connectivity index (χ2v) is 17.6. The van der Waals surface area contributed by atoms with Crippen LogP contribution >= 0.6 is 0 Å². The standard InChI is InChI=1S/C50H48N4O/c1-33-52-27-26-51-32-53(43-19-9-8-18-42(43)51)38-16-12-14-36(28-38)50(37-15-13-17-39(29-37)54(33)45-21-11-10-20-44(45)52)40-30-34(48(2,3)4)22-24-46(40)55-47-25-23-35(31-41(47)50)49(5,6)7/h8-31,33H,32H2,1-7H3. The Morgan fingerprint density at radius 1 is 0.545 bits per heavy atom. The highest BCUT2D eigenvalue weighted by Gasteiger charge is 2.47. The molecular weight excluding hydrogens is 673 g/mol. The van der Waals surface area contributed by atoms with Gasteiger partial charge in [-0.05, 0) is 113 Å². The summed E-state index contributed by atoms with van der Waals surface area (Å²) in [4.78, 5) is 9.74. The third-order valence-corrected chi connectivity index (χ3v) is 12.2. The summed E-state index contributed by atoms with van der Waals surface area (Å²) >= 11 is 0. The molecule has 0 aliphatic carbocycles. The molecule has 5 nitrogen and oxygen atoms in total. The lowest BCUT2D eigenvalue weighted by molar-refractivity contribution is 0.431. The Balaban J connectivity index is 1.35. The predicted molar refractivity (Wildman–Crippen MR) is 228 cm³/mol. The zero-order valence-corrected chi connectivity index (χ0v) is 32.8. The number of rotatable bonds is 0. The van der Waals surface area contributed by atoms with E-state index < -0.39 is 5.41 Å². The molecular formula is C50H48N4O. The Bertz CT molecular complexity index is 2470. The number of ether oxygens (including phenoxy) is 1. The molecule has 0 saturated heterocycles. The monoisotopic (exact) mass is 720 g/mol. The van der Waals surface area contributed by atoms with Crippen molar-refractivity contribution in [3.63, 3.8) is 0 Å². The molecule has 0 amide bonds. The molecule has 0 saturated carbocycles. The first-order chi connectivity index (χ1) is 26.4. The van der Waals surface area contributed by atoms with Crippen molar-refractivity contribution in [2.75, 3.05) is 26.3 Å². The van der Waals surface area contributed by atoms with Crippen molar-refractivity contribution in [2.24, 2.45) is 0 Å². The number of hydrogen-bond acceptors (Lipinski definition) is 5. The lowest BCUT2D eigenvalue weighted by Crippen LogP contribution is -2.37. The van der Waals surface area contributed by atoms with Gasteiger partial charge in [0.05, 0.1) is 34.8 Å². The summed E-state index contributed by atoms with van der Waals surface area (Å²) in [7, 11) is 0. The molecule has 1 unspecified atom stereocenters. The number of anilines is 6. The summed E-state index contributed by atoms with van der Waals surface area (Å²) in [5.41, 5.74) is 13.6. The van der Waals surface area contributed by atoms with Crippen molar-refractivity contribution in [3.8, 4) is 11.5 Å². The predicted octanol–water partition coefficient (Wildman–Crippen LogP) is 12.5. The van der Waals surface area contributed by atoms with Crippen LogP contribution in [0.2, 0.25) is 0 Å². The van der Waals surface area contributed by atoms with Gasteiger partial charge < -0.3 is 24.3 Å². The van der Waals surface area contributed by atoms with Gasteiger partial charge in [0.15, 0.2) is 0 Å². The Morgan fingerprint density at radius 2 is 1.09 bits per heavy atom. The van der Waals surface area contributed by atoms with E-state index in [4.69, 9.17) is 4.74 Å². The van der Waals surface area contributed by atoms with E-state index >= 15 is 0 Å². The van der Waals surface area contributed by atoms with E-state index in [1.54, 1.807) is 0 Å². The van der Waals surface area contributed by atoms with Crippen LogP contribution in [0, 0.1) is 0 Å². The molecule has 5 heteroatoms. The summed E-state index contributed by atoms with van der Waals surface area (Å²) in [5.74, 6) is 1.79. The summed E-state index contributed by atoms with van der Waals surface area (Å²) in [6.07, 6.45) is 4.55. The highest BCUT2D eigenvalue weighted by molar-refractivity contribution is 5.87. The number of nitrogens with zero attached hydrogens (tertiary/aromatic N) is 4. The van der Waals surface area contributed by atoms with E-state index in [-0.39, 0.29) is 17.0 Å². The van der Waals surface area contributed by atoms with E-state index in [2.05, 4.69) is 214 Å². The van der Waals surface area contributed by atoms with Crippen LogP contribution in [0.25, 0.3) is 0 Å². The van der Waals surface area contributed by atoms with Crippen molar-refractivity contribution < 1.29 is 4.74 Å². The first-order valence-electron chi connectivity index (χ1n) is 19.6. The smallest absolute Gasteiger partial charge is 0.132 e. The second-order valence-electron chi connectivity index (χ2n) is 17.6. The van der Waals surface area contributed by atoms with Gasteiger partial charge in [-0.3, -0.25) is 0 Å². The van der Waals surface area contributed by atoms with E-state index in [9.17, 15) is 0 Å². The van der Waals surface area contributed by atoms with Gasteiger partial charge in [0.1, 0.15) is 17.7 Å². The van der Waals surface area contributed by atoms with E-state index in [1.807, 2.05) is 0 Å². The highest BCUT2D eigenvalue weighted by atomic mass is 16.5. The third kappa shape index (κ3) is 4.98. The Morgan fingerprint density at radius 3 is 1.71 bits per heavy atom. The molecule has 6 aromatic carbocycles. The van der Waals surface area contributed by atoms with Gasteiger partial charge in [-0.15, -0.1) is 0 Å². The molecule has 55 heavy (non-hydrogen) atoms. The second kappa shape index (κ2) is 11.8. The maximum atomic E-state index is 6.98. The normalized spacial score (nSPS) is 17.5. The largest absolute Gasteiger partial charge is 0.457 e. The third-order valence-electron chi connectivity index (χ3n) is 12.2. The minimum Gasteiger partial charge on any atom is -0.457 e. The highest BCUT2D eigenvalue weighted by Crippen LogP contribution is 2.58. The minimum absolute atomic E-state index is 0.0363. The van der Waals surface area contributed by atoms with Crippen molar-refractivity contribution in [2.45, 2.75) is 70.9 Å². The fourth-order valence-electron chi connectivity index (χ4n) is 9.32. The molecule has 4 heterocycles. The van der Waals surface area contributed by atoms with Gasteiger partial charge in [0.25, 0.3) is 0 Å². The lowest BCUT2D eigenvalue weighted by atomic mass is 9.62. The zero-order chi connectivity index (χ0) is 37.9. The number of benzene rings is 6. The summed E-state index contributed by atoms with van der Waals surface area (Å²) in [5, 5.41) is 0. The average Bonchev–Trinajstić information content (AvgIpc) is 3.68. The van der Waals surface area contributed by atoms with Crippen molar-refractivity contribution in [1.82, 2.24) is 0 Å². The summed E-state index contributed by atoms with van der Waals surface area (Å²) in [6.45, 7) is 16.8. The molecule has 4 aliphatic heterocycles. The first-order valence-corrected chi connectivity index (χ1v) is 19.6. The molecule has 274 valence electrons. The fraction of sp³-hybridized carbons (Fsp3) is 0.240. The maximum absolute atomic E-state index is 6.98. The molecule has 0 N–H and O–H groups in total. The van der Waals surface area contributed by atoms with Crippen LogP contribution in [0.1, 0.15) is 81.8 Å².